The van der Waals surface area contributed by atoms with E-state index in [1.807, 2.05) is 0 Å². The molecule has 2 nitrogen and oxygen atoms in total. The van der Waals surface area contributed by atoms with Crippen LogP contribution in [-0.2, 0) is 6.42 Å². The van der Waals surface area contributed by atoms with Crippen molar-refractivity contribution in [2.75, 3.05) is 6.54 Å². The van der Waals surface area contributed by atoms with E-state index in [0.29, 0.717) is 6.04 Å². The Hall–Kier alpha value is -0.860. The zero-order valence-corrected chi connectivity index (χ0v) is 12.9. The molecule has 4 atom stereocenters. The third-order valence-electron chi connectivity index (χ3n) is 6.16. The number of hydrogen-bond acceptors (Lipinski definition) is 2. The molecule has 2 aliphatic carbocycles. The molecule has 0 aromatic heterocycles. The molecule has 114 valence electrons. The van der Waals surface area contributed by atoms with Crippen LogP contribution in [0.1, 0.15) is 62.2 Å². The highest BCUT2D eigenvalue weighted by molar-refractivity contribution is 5.32. The van der Waals surface area contributed by atoms with Gasteiger partial charge in [-0.15, -0.1) is 0 Å². The maximum absolute atomic E-state index is 10.9. The Morgan fingerprint density at radius 1 is 0.905 bits per heavy atom. The summed E-state index contributed by atoms with van der Waals surface area (Å²) in [5, 5.41) is 10.9. The Morgan fingerprint density at radius 2 is 1.71 bits per heavy atom. The third-order valence-corrected chi connectivity index (χ3v) is 6.16. The van der Waals surface area contributed by atoms with Crippen LogP contribution in [0.3, 0.4) is 0 Å². The fourth-order valence-electron chi connectivity index (χ4n) is 5.14. The molecule has 0 bridgehead atoms. The summed E-state index contributed by atoms with van der Waals surface area (Å²) in [6.45, 7) is 1.20. The van der Waals surface area contributed by atoms with Gasteiger partial charge < -0.3 is 5.11 Å². The van der Waals surface area contributed by atoms with Crippen LogP contribution in [0.5, 0.6) is 0 Å². The highest BCUT2D eigenvalue weighted by atomic mass is 16.3. The highest BCUT2D eigenvalue weighted by Crippen LogP contribution is 2.41. The molecular weight excluding hydrogens is 258 g/mol. The molecule has 0 radical (unpaired) electrons. The molecule has 1 heterocycles. The van der Waals surface area contributed by atoms with Gasteiger partial charge in [-0.1, -0.05) is 37.1 Å². The molecule has 1 aromatic carbocycles. The second kappa shape index (κ2) is 5.73. The number of piperidine rings is 1. The first-order chi connectivity index (χ1) is 10.3. The normalized spacial score (nSPS) is 36.8. The smallest absolute Gasteiger partial charge is 0.0948 e. The van der Waals surface area contributed by atoms with E-state index in [2.05, 4.69) is 29.2 Å². The molecule has 0 spiro atoms. The van der Waals surface area contributed by atoms with Crippen molar-refractivity contribution in [2.45, 2.75) is 69.6 Å². The summed E-state index contributed by atoms with van der Waals surface area (Å²) in [6, 6.07) is 9.60. The average Bonchev–Trinajstić information content (AvgIpc) is 2.55. The topological polar surface area (TPSA) is 23.5 Å². The first-order valence-electron chi connectivity index (χ1n) is 8.86. The lowest BCUT2D eigenvalue weighted by Crippen LogP contribution is -2.54. The van der Waals surface area contributed by atoms with Crippen molar-refractivity contribution < 1.29 is 5.11 Å². The van der Waals surface area contributed by atoms with Crippen LogP contribution in [0.4, 0.5) is 0 Å². The van der Waals surface area contributed by atoms with E-state index in [0.717, 1.165) is 24.8 Å². The summed E-state index contributed by atoms with van der Waals surface area (Å²) >= 11 is 0. The second-order valence-electron chi connectivity index (χ2n) is 7.24. The fraction of sp³-hybridized carbons (Fsp3) is 0.684. The van der Waals surface area contributed by atoms with Crippen molar-refractivity contribution in [1.82, 2.24) is 4.90 Å². The van der Waals surface area contributed by atoms with Gasteiger partial charge in [0.1, 0.15) is 0 Å². The molecule has 1 saturated carbocycles. The lowest BCUT2D eigenvalue weighted by atomic mass is 9.75. The van der Waals surface area contributed by atoms with Gasteiger partial charge in [0, 0.05) is 12.1 Å². The molecule has 1 aliphatic heterocycles. The number of hydrogen-bond donors (Lipinski definition) is 1. The molecule has 2 fully saturated rings. The van der Waals surface area contributed by atoms with Gasteiger partial charge in [-0.05, 0) is 62.1 Å². The zero-order valence-electron chi connectivity index (χ0n) is 12.9. The van der Waals surface area contributed by atoms with Crippen molar-refractivity contribution in [3.8, 4) is 0 Å². The van der Waals surface area contributed by atoms with Gasteiger partial charge in [-0.2, -0.15) is 0 Å². The lowest BCUT2D eigenvalue weighted by Gasteiger charge is -2.50. The van der Waals surface area contributed by atoms with Crippen LogP contribution in [0.2, 0.25) is 0 Å². The van der Waals surface area contributed by atoms with Gasteiger partial charge in [-0.3, -0.25) is 4.90 Å². The number of rotatable bonds is 1. The van der Waals surface area contributed by atoms with E-state index < -0.39 is 0 Å². The minimum Gasteiger partial charge on any atom is -0.387 e. The predicted octanol–water partition coefficient (Wildman–Crippen LogP) is 3.69. The van der Waals surface area contributed by atoms with Crippen LogP contribution in [-0.4, -0.2) is 28.6 Å². The third kappa shape index (κ3) is 2.43. The van der Waals surface area contributed by atoms with Gasteiger partial charge in [0.2, 0.25) is 0 Å². The van der Waals surface area contributed by atoms with E-state index >= 15 is 0 Å². The molecule has 1 saturated heterocycles. The standard InChI is InChI=1S/C19H27NO/c21-19-16-9-3-1-6-14(16)11-12-18(19)20-13-5-8-15-7-2-4-10-17(15)20/h1,3,6,9,15,17-19,21H,2,4-5,7-8,10-13H2/t15-,17-,18?,19?/m1/s1. The summed E-state index contributed by atoms with van der Waals surface area (Å²) in [7, 11) is 0. The molecule has 2 heteroatoms. The van der Waals surface area contributed by atoms with Crippen LogP contribution >= 0.6 is 0 Å². The van der Waals surface area contributed by atoms with Gasteiger partial charge in [0.15, 0.2) is 0 Å². The van der Waals surface area contributed by atoms with E-state index in [-0.39, 0.29) is 6.10 Å². The number of aliphatic hydroxyl groups excluding tert-OH is 1. The number of aliphatic hydroxyl groups is 1. The van der Waals surface area contributed by atoms with Crippen molar-refractivity contribution in [3.63, 3.8) is 0 Å². The van der Waals surface area contributed by atoms with Crippen molar-refractivity contribution in [1.29, 1.82) is 0 Å². The summed E-state index contributed by atoms with van der Waals surface area (Å²) < 4.78 is 0. The van der Waals surface area contributed by atoms with Crippen LogP contribution in [0, 0.1) is 5.92 Å². The number of aryl methyl sites for hydroxylation is 1. The Kier molecular flexibility index (Phi) is 3.76. The summed E-state index contributed by atoms with van der Waals surface area (Å²) in [6.07, 6.45) is 10.3. The van der Waals surface area contributed by atoms with Crippen LogP contribution < -0.4 is 0 Å². The van der Waals surface area contributed by atoms with E-state index in [9.17, 15) is 5.11 Å². The molecule has 4 rings (SSSR count). The van der Waals surface area contributed by atoms with Crippen LogP contribution in [0.15, 0.2) is 24.3 Å². The van der Waals surface area contributed by atoms with Crippen LogP contribution in [0.25, 0.3) is 0 Å². The predicted molar refractivity (Wildman–Crippen MR) is 85.2 cm³/mol. The molecule has 2 unspecified atom stereocenters. The second-order valence-corrected chi connectivity index (χ2v) is 7.24. The summed E-state index contributed by atoms with van der Waals surface area (Å²) in [4.78, 5) is 2.70. The van der Waals surface area contributed by atoms with Crippen molar-refractivity contribution in [3.05, 3.63) is 35.4 Å². The van der Waals surface area contributed by atoms with Crippen molar-refractivity contribution >= 4 is 0 Å². The zero-order chi connectivity index (χ0) is 14.2. The van der Waals surface area contributed by atoms with E-state index in [1.165, 1.54) is 56.2 Å². The summed E-state index contributed by atoms with van der Waals surface area (Å²) in [5.74, 6) is 0.900. The highest BCUT2D eigenvalue weighted by Gasteiger charge is 2.40. The first-order valence-corrected chi connectivity index (χ1v) is 8.86. The molecule has 1 aromatic rings. The lowest BCUT2D eigenvalue weighted by molar-refractivity contribution is -0.0353. The average molecular weight is 285 g/mol. The van der Waals surface area contributed by atoms with Gasteiger partial charge in [0.25, 0.3) is 0 Å². The Balaban J connectivity index is 1.58. The Morgan fingerprint density at radius 3 is 2.67 bits per heavy atom. The Bertz CT molecular complexity index is 498. The van der Waals surface area contributed by atoms with Gasteiger partial charge in [-0.25, -0.2) is 0 Å². The maximum Gasteiger partial charge on any atom is 0.0948 e. The molecule has 1 N–H and O–H groups in total. The number of fused-ring (bicyclic) bond motifs is 2. The van der Waals surface area contributed by atoms with E-state index in [4.69, 9.17) is 0 Å². The molecule has 21 heavy (non-hydrogen) atoms. The largest absolute Gasteiger partial charge is 0.387 e. The van der Waals surface area contributed by atoms with Crippen molar-refractivity contribution in [2.24, 2.45) is 5.92 Å². The molecule has 3 aliphatic rings. The number of benzene rings is 1. The minimum atomic E-state index is -0.282. The minimum absolute atomic E-state index is 0.282. The maximum atomic E-state index is 10.9. The van der Waals surface area contributed by atoms with E-state index in [1.54, 1.807) is 0 Å². The molecule has 0 amide bonds. The number of likely N-dealkylation sites (tertiary alicyclic amines) is 1. The number of nitrogens with zero attached hydrogens (tertiary/aromatic N) is 1. The van der Waals surface area contributed by atoms with Gasteiger partial charge >= 0.3 is 0 Å². The first kappa shape index (κ1) is 13.8. The molecular formula is C19H27NO. The Labute approximate surface area is 128 Å². The monoisotopic (exact) mass is 285 g/mol. The SMILES string of the molecule is OC1c2ccccc2CCC1N1CCC[C@H]2CCCC[C@H]21. The van der Waals surface area contributed by atoms with Gasteiger partial charge in [0.05, 0.1) is 6.10 Å². The fourth-order valence-corrected chi connectivity index (χ4v) is 5.14. The quantitative estimate of drug-likeness (QED) is 0.850. The summed E-state index contributed by atoms with van der Waals surface area (Å²) in [5.41, 5.74) is 2.55.